The normalized spacial score (nSPS) is 15.8. The van der Waals surface area contributed by atoms with Gasteiger partial charge in [-0.2, -0.15) is 0 Å². The molecule has 1 aromatic rings. The van der Waals surface area contributed by atoms with Crippen molar-refractivity contribution in [2.45, 2.75) is 26.9 Å². The molecule has 0 radical (unpaired) electrons. The van der Waals surface area contributed by atoms with Crippen LogP contribution in [0.5, 0.6) is 0 Å². The smallest absolute Gasteiger partial charge is 0.324 e. The van der Waals surface area contributed by atoms with Crippen LogP contribution in [0, 0.1) is 5.41 Å². The van der Waals surface area contributed by atoms with Crippen molar-refractivity contribution in [1.82, 2.24) is 0 Å². The molecule has 0 amide bonds. The third kappa shape index (κ3) is 5.45. The third-order valence-corrected chi connectivity index (χ3v) is 3.22. The lowest BCUT2D eigenvalue weighted by atomic mass is 9.99. The van der Waals surface area contributed by atoms with Gasteiger partial charge in [0.2, 0.25) is 0 Å². The van der Waals surface area contributed by atoms with Gasteiger partial charge in [0.1, 0.15) is 0 Å². The Bertz CT molecular complexity index is 368. The number of hydrogen-bond acceptors (Lipinski definition) is 2. The molecule has 90 valence electrons. The summed E-state index contributed by atoms with van der Waals surface area (Å²) in [6.45, 7) is 6.19. The summed E-state index contributed by atoms with van der Waals surface area (Å²) in [6.07, 6.45) is 0.0733. The predicted molar refractivity (Wildman–Crippen MR) is 65.4 cm³/mol. The van der Waals surface area contributed by atoms with Gasteiger partial charge in [-0.3, -0.25) is 4.57 Å². The lowest BCUT2D eigenvalue weighted by Gasteiger charge is -2.20. The molecule has 16 heavy (non-hydrogen) atoms. The summed E-state index contributed by atoms with van der Waals surface area (Å²) in [5.41, 5.74) is 0.719. The van der Waals surface area contributed by atoms with Gasteiger partial charge in [-0.1, -0.05) is 51.1 Å². The first-order valence-electron chi connectivity index (χ1n) is 5.29. The summed E-state index contributed by atoms with van der Waals surface area (Å²) < 4.78 is 16.9. The minimum Gasteiger partial charge on any atom is -0.324 e. The van der Waals surface area contributed by atoms with Gasteiger partial charge in [-0.05, 0) is 11.0 Å². The average molecular weight is 242 g/mol. The molecule has 0 aromatic heterocycles. The van der Waals surface area contributed by atoms with Crippen molar-refractivity contribution in [3.63, 3.8) is 0 Å². The highest BCUT2D eigenvalue weighted by Crippen LogP contribution is 2.46. The quantitative estimate of drug-likeness (QED) is 0.823. The van der Waals surface area contributed by atoms with Gasteiger partial charge in [-0.25, -0.2) is 0 Å². The fourth-order valence-electron chi connectivity index (χ4n) is 1.15. The van der Waals surface area contributed by atoms with E-state index in [-0.39, 0.29) is 18.2 Å². The lowest BCUT2D eigenvalue weighted by molar-refractivity contribution is 0.174. The van der Waals surface area contributed by atoms with Gasteiger partial charge >= 0.3 is 7.60 Å². The zero-order chi connectivity index (χ0) is 12.2. The molecule has 0 fully saturated rings. The van der Waals surface area contributed by atoms with Crippen molar-refractivity contribution in [2.75, 3.05) is 6.61 Å². The first-order chi connectivity index (χ1) is 7.29. The maximum atomic E-state index is 11.8. The standard InChI is InChI=1S/C12H19O3P/c1-12(2,3)10-15-16(13,14)9-11-7-5-4-6-8-11/h4-8H,9-10H2,1-3H3,(H,13,14). The first kappa shape index (κ1) is 13.4. The van der Waals surface area contributed by atoms with E-state index in [0.29, 0.717) is 0 Å². The highest BCUT2D eigenvalue weighted by atomic mass is 31.2. The molecule has 0 bridgehead atoms. The Kier molecular flexibility index (Phi) is 4.31. The Labute approximate surface area is 97.0 Å². The van der Waals surface area contributed by atoms with Crippen LogP contribution in [0.25, 0.3) is 0 Å². The van der Waals surface area contributed by atoms with Crippen LogP contribution < -0.4 is 0 Å². The largest absolute Gasteiger partial charge is 0.332 e. The van der Waals surface area contributed by atoms with Gasteiger partial charge in [0.05, 0.1) is 12.8 Å². The minimum absolute atomic E-state index is 0.0733. The van der Waals surface area contributed by atoms with Gasteiger partial charge in [0, 0.05) is 0 Å². The third-order valence-electron chi connectivity index (χ3n) is 1.92. The Hall–Kier alpha value is -0.630. The average Bonchev–Trinajstić information content (AvgIpc) is 2.15. The van der Waals surface area contributed by atoms with Gasteiger partial charge in [0.15, 0.2) is 0 Å². The van der Waals surface area contributed by atoms with Crippen LogP contribution in [0.2, 0.25) is 0 Å². The molecule has 1 atom stereocenters. The zero-order valence-electron chi connectivity index (χ0n) is 10.0. The van der Waals surface area contributed by atoms with E-state index in [1.165, 1.54) is 0 Å². The molecule has 0 aliphatic rings. The van der Waals surface area contributed by atoms with Crippen molar-refractivity contribution in [2.24, 2.45) is 5.41 Å². The molecule has 3 nitrogen and oxygen atoms in total. The van der Waals surface area contributed by atoms with Crippen LogP contribution in [0.4, 0.5) is 0 Å². The molecule has 1 aromatic carbocycles. The zero-order valence-corrected chi connectivity index (χ0v) is 10.9. The highest BCUT2D eigenvalue weighted by molar-refractivity contribution is 7.51. The summed E-state index contributed by atoms with van der Waals surface area (Å²) in [5, 5.41) is 0. The monoisotopic (exact) mass is 242 g/mol. The molecule has 1 N–H and O–H groups in total. The van der Waals surface area contributed by atoms with Crippen molar-refractivity contribution in [3.8, 4) is 0 Å². The molecule has 0 saturated heterocycles. The molecule has 0 saturated carbocycles. The Morgan fingerprint density at radius 2 is 1.81 bits per heavy atom. The summed E-state index contributed by atoms with van der Waals surface area (Å²) in [5.74, 6) is 0. The highest BCUT2D eigenvalue weighted by Gasteiger charge is 2.23. The Morgan fingerprint density at radius 3 is 2.31 bits per heavy atom. The second kappa shape index (κ2) is 5.13. The summed E-state index contributed by atoms with van der Waals surface area (Å²) in [4.78, 5) is 9.66. The van der Waals surface area contributed by atoms with Crippen LogP contribution in [-0.2, 0) is 15.3 Å². The van der Waals surface area contributed by atoms with E-state index >= 15 is 0 Å². The van der Waals surface area contributed by atoms with E-state index in [9.17, 15) is 9.46 Å². The van der Waals surface area contributed by atoms with E-state index in [2.05, 4.69) is 0 Å². The van der Waals surface area contributed by atoms with E-state index in [1.54, 1.807) is 0 Å². The van der Waals surface area contributed by atoms with Crippen LogP contribution in [0.1, 0.15) is 26.3 Å². The molecular formula is C12H19O3P. The van der Waals surface area contributed by atoms with E-state index < -0.39 is 7.60 Å². The SMILES string of the molecule is CC(C)(C)COP(=O)(O)Cc1ccccc1. The molecule has 0 aliphatic carbocycles. The van der Waals surface area contributed by atoms with E-state index in [1.807, 2.05) is 51.1 Å². The fraction of sp³-hybridized carbons (Fsp3) is 0.500. The van der Waals surface area contributed by atoms with Crippen molar-refractivity contribution < 1.29 is 14.0 Å². The lowest BCUT2D eigenvalue weighted by Crippen LogP contribution is -2.13. The van der Waals surface area contributed by atoms with Crippen LogP contribution in [0.3, 0.4) is 0 Å². The first-order valence-corrected chi connectivity index (χ1v) is 7.05. The summed E-state index contributed by atoms with van der Waals surface area (Å²) >= 11 is 0. The number of rotatable bonds is 4. The second-order valence-corrected chi connectivity index (χ2v) is 6.96. The maximum absolute atomic E-state index is 11.8. The minimum atomic E-state index is -3.51. The Balaban J connectivity index is 2.56. The molecule has 0 spiro atoms. The van der Waals surface area contributed by atoms with Crippen molar-refractivity contribution >= 4 is 7.60 Å². The molecule has 1 rings (SSSR count). The van der Waals surface area contributed by atoms with Crippen molar-refractivity contribution in [3.05, 3.63) is 35.9 Å². The molecule has 0 aliphatic heterocycles. The van der Waals surface area contributed by atoms with Crippen LogP contribution in [0.15, 0.2) is 30.3 Å². The van der Waals surface area contributed by atoms with Gasteiger partial charge in [0.25, 0.3) is 0 Å². The van der Waals surface area contributed by atoms with Crippen LogP contribution in [-0.4, -0.2) is 11.5 Å². The molecule has 4 heteroatoms. The molecular weight excluding hydrogens is 223 g/mol. The van der Waals surface area contributed by atoms with E-state index in [0.717, 1.165) is 5.56 Å². The van der Waals surface area contributed by atoms with Crippen molar-refractivity contribution in [1.29, 1.82) is 0 Å². The Morgan fingerprint density at radius 1 is 1.25 bits per heavy atom. The summed E-state index contributed by atoms with van der Waals surface area (Å²) in [7, 11) is -3.51. The fourth-order valence-corrected chi connectivity index (χ4v) is 2.51. The van der Waals surface area contributed by atoms with Gasteiger partial charge in [-0.15, -0.1) is 0 Å². The predicted octanol–water partition coefficient (Wildman–Crippen LogP) is 3.43. The second-order valence-electron chi connectivity index (χ2n) is 5.12. The number of hydrogen-bond donors (Lipinski definition) is 1. The molecule has 0 heterocycles. The van der Waals surface area contributed by atoms with E-state index in [4.69, 9.17) is 4.52 Å². The summed E-state index contributed by atoms with van der Waals surface area (Å²) in [6, 6.07) is 9.21. The maximum Gasteiger partial charge on any atom is 0.332 e. The topological polar surface area (TPSA) is 46.5 Å². The molecule has 1 unspecified atom stereocenters. The number of benzene rings is 1. The van der Waals surface area contributed by atoms with Gasteiger partial charge < -0.3 is 9.42 Å². The van der Waals surface area contributed by atoms with Crippen LogP contribution >= 0.6 is 7.60 Å².